The first-order valence-corrected chi connectivity index (χ1v) is 13.0. The van der Waals surface area contributed by atoms with Gasteiger partial charge >= 0.3 is 0 Å². The van der Waals surface area contributed by atoms with Gasteiger partial charge in [0, 0.05) is 48.6 Å². The van der Waals surface area contributed by atoms with Gasteiger partial charge in [0.25, 0.3) is 0 Å². The van der Waals surface area contributed by atoms with Crippen LogP contribution < -0.4 is 0 Å². The van der Waals surface area contributed by atoms with Gasteiger partial charge in [-0.3, -0.25) is 4.98 Å². The monoisotopic (exact) mass is 491 g/mol. The maximum Gasteiger partial charge on any atom is 0.160 e. The lowest BCUT2D eigenvalue weighted by Gasteiger charge is -2.11. The minimum absolute atomic E-state index is 0.701. The van der Waals surface area contributed by atoms with Crippen molar-refractivity contribution >= 4 is 31.5 Å². The molecule has 0 bridgehead atoms. The molecule has 7 aromatic rings. The molecule has 0 unspecified atom stereocenters. The summed E-state index contributed by atoms with van der Waals surface area (Å²) in [6.45, 7) is 0. The SMILES string of the molecule is c1ccc(-c2cc(-c3cccc4c3sc3ccccc34)nc(-c3cccc(-c4ccccn4)c3)n2)cc1. The van der Waals surface area contributed by atoms with Gasteiger partial charge in [0.1, 0.15) is 0 Å². The minimum Gasteiger partial charge on any atom is -0.256 e. The molecule has 7 rings (SSSR count). The van der Waals surface area contributed by atoms with Crippen LogP contribution in [0.15, 0.2) is 128 Å². The second-order valence-electron chi connectivity index (χ2n) is 8.90. The summed E-state index contributed by atoms with van der Waals surface area (Å²) >= 11 is 1.82. The van der Waals surface area contributed by atoms with Crippen molar-refractivity contribution in [1.29, 1.82) is 0 Å². The Bertz CT molecular complexity index is 1880. The fourth-order valence-corrected chi connectivity index (χ4v) is 6.00. The predicted molar refractivity (Wildman–Crippen MR) is 154 cm³/mol. The van der Waals surface area contributed by atoms with Gasteiger partial charge in [0.2, 0.25) is 0 Å². The van der Waals surface area contributed by atoms with Crippen molar-refractivity contribution in [3.63, 3.8) is 0 Å². The highest BCUT2D eigenvalue weighted by Crippen LogP contribution is 2.40. The maximum absolute atomic E-state index is 5.13. The molecule has 4 heteroatoms. The third kappa shape index (κ3) is 3.98. The Morgan fingerprint density at radius 2 is 1.22 bits per heavy atom. The zero-order chi connectivity index (χ0) is 24.6. The molecule has 0 aliphatic heterocycles. The Balaban J connectivity index is 1.45. The molecular formula is C33H21N3S. The summed E-state index contributed by atoms with van der Waals surface area (Å²) in [6, 6.07) is 41.8. The quantitative estimate of drug-likeness (QED) is 0.247. The zero-order valence-electron chi connectivity index (χ0n) is 19.9. The van der Waals surface area contributed by atoms with Crippen LogP contribution in [-0.2, 0) is 0 Å². The van der Waals surface area contributed by atoms with Crippen molar-refractivity contribution in [1.82, 2.24) is 15.0 Å². The summed E-state index contributed by atoms with van der Waals surface area (Å²) in [5.74, 6) is 0.701. The number of hydrogen-bond acceptors (Lipinski definition) is 4. The average molecular weight is 492 g/mol. The topological polar surface area (TPSA) is 38.7 Å². The molecule has 0 radical (unpaired) electrons. The lowest BCUT2D eigenvalue weighted by molar-refractivity contribution is 1.18. The average Bonchev–Trinajstić information content (AvgIpc) is 3.37. The number of fused-ring (bicyclic) bond motifs is 3. The van der Waals surface area contributed by atoms with Crippen LogP contribution in [0.1, 0.15) is 0 Å². The molecule has 0 amide bonds. The van der Waals surface area contributed by atoms with Gasteiger partial charge in [-0.1, -0.05) is 91.0 Å². The molecule has 37 heavy (non-hydrogen) atoms. The highest BCUT2D eigenvalue weighted by atomic mass is 32.1. The smallest absolute Gasteiger partial charge is 0.160 e. The largest absolute Gasteiger partial charge is 0.256 e. The van der Waals surface area contributed by atoms with Crippen LogP contribution in [0.2, 0.25) is 0 Å². The second-order valence-corrected chi connectivity index (χ2v) is 9.96. The molecule has 0 spiro atoms. The number of hydrogen-bond donors (Lipinski definition) is 0. The summed E-state index contributed by atoms with van der Waals surface area (Å²) in [7, 11) is 0. The van der Waals surface area contributed by atoms with E-state index in [1.54, 1.807) is 0 Å². The normalized spacial score (nSPS) is 11.2. The van der Waals surface area contributed by atoms with Gasteiger partial charge < -0.3 is 0 Å². The van der Waals surface area contributed by atoms with Gasteiger partial charge in [0.15, 0.2) is 5.82 Å². The number of benzene rings is 4. The van der Waals surface area contributed by atoms with Gasteiger partial charge in [-0.05, 0) is 30.3 Å². The molecule has 0 fully saturated rings. The first kappa shape index (κ1) is 21.6. The van der Waals surface area contributed by atoms with Crippen molar-refractivity contribution in [3.05, 3.63) is 128 Å². The van der Waals surface area contributed by atoms with Crippen molar-refractivity contribution in [2.45, 2.75) is 0 Å². The van der Waals surface area contributed by atoms with Gasteiger partial charge in [-0.25, -0.2) is 9.97 Å². The minimum atomic E-state index is 0.701. The highest BCUT2D eigenvalue weighted by molar-refractivity contribution is 7.26. The van der Waals surface area contributed by atoms with Crippen molar-refractivity contribution in [2.75, 3.05) is 0 Å². The summed E-state index contributed by atoms with van der Waals surface area (Å²) in [4.78, 5) is 14.7. The fourth-order valence-electron chi connectivity index (χ4n) is 4.77. The molecule has 174 valence electrons. The van der Waals surface area contributed by atoms with Crippen LogP contribution in [0, 0.1) is 0 Å². The number of aromatic nitrogens is 3. The zero-order valence-corrected chi connectivity index (χ0v) is 20.7. The number of thiophene rings is 1. The van der Waals surface area contributed by atoms with Crippen LogP contribution in [0.3, 0.4) is 0 Å². The van der Waals surface area contributed by atoms with E-state index in [0.717, 1.165) is 39.3 Å². The van der Waals surface area contributed by atoms with Crippen molar-refractivity contribution in [2.24, 2.45) is 0 Å². The van der Waals surface area contributed by atoms with Gasteiger partial charge in [0.05, 0.1) is 17.1 Å². The van der Waals surface area contributed by atoms with E-state index in [0.29, 0.717) is 5.82 Å². The van der Waals surface area contributed by atoms with Crippen LogP contribution >= 0.6 is 11.3 Å². The van der Waals surface area contributed by atoms with Gasteiger partial charge in [-0.2, -0.15) is 0 Å². The highest BCUT2D eigenvalue weighted by Gasteiger charge is 2.15. The molecule has 0 saturated heterocycles. The number of rotatable bonds is 4. The van der Waals surface area contributed by atoms with Crippen LogP contribution in [0.25, 0.3) is 65.3 Å². The van der Waals surface area contributed by atoms with Gasteiger partial charge in [-0.15, -0.1) is 11.3 Å². The molecular weight excluding hydrogens is 470 g/mol. The van der Waals surface area contributed by atoms with Crippen LogP contribution in [0.5, 0.6) is 0 Å². The summed E-state index contributed by atoms with van der Waals surface area (Å²) in [6.07, 6.45) is 1.82. The fraction of sp³-hybridized carbons (Fsp3) is 0. The molecule has 3 heterocycles. The molecule has 0 aliphatic rings. The molecule has 0 N–H and O–H groups in total. The van der Waals surface area contributed by atoms with Crippen LogP contribution in [-0.4, -0.2) is 15.0 Å². The standard InChI is InChI=1S/C33H21N3S/c1-2-10-22(11-3-1)29-21-30(27-16-9-15-26-25-14-4-5-18-31(25)37-32(26)27)36-33(35-29)24-13-8-12-23(20-24)28-17-6-7-19-34-28/h1-21H. The Morgan fingerprint density at radius 1 is 0.486 bits per heavy atom. The Morgan fingerprint density at radius 3 is 2.11 bits per heavy atom. The summed E-state index contributed by atoms with van der Waals surface area (Å²) in [5, 5.41) is 2.54. The summed E-state index contributed by atoms with van der Waals surface area (Å²) < 4.78 is 2.53. The molecule has 4 aromatic carbocycles. The van der Waals surface area contributed by atoms with E-state index in [4.69, 9.17) is 9.97 Å². The predicted octanol–water partition coefficient (Wildman–Crippen LogP) is 8.91. The third-order valence-corrected chi connectivity index (χ3v) is 7.78. The second kappa shape index (κ2) is 9.08. The van der Waals surface area contributed by atoms with Crippen molar-refractivity contribution < 1.29 is 0 Å². The lowest BCUT2D eigenvalue weighted by Crippen LogP contribution is -1.96. The molecule has 0 saturated carbocycles. The molecule has 0 aliphatic carbocycles. The van der Waals surface area contributed by atoms with E-state index in [-0.39, 0.29) is 0 Å². The molecule has 0 atom stereocenters. The van der Waals surface area contributed by atoms with E-state index in [2.05, 4.69) is 83.8 Å². The van der Waals surface area contributed by atoms with Crippen molar-refractivity contribution in [3.8, 4) is 45.2 Å². The van der Waals surface area contributed by atoms with E-state index in [1.165, 1.54) is 20.2 Å². The first-order chi connectivity index (χ1) is 18.3. The molecule has 3 nitrogen and oxygen atoms in total. The first-order valence-electron chi connectivity index (χ1n) is 12.2. The Kier molecular flexibility index (Phi) is 5.30. The van der Waals surface area contributed by atoms with E-state index in [1.807, 2.05) is 60.0 Å². The molecule has 3 aromatic heterocycles. The maximum atomic E-state index is 5.13. The summed E-state index contributed by atoms with van der Waals surface area (Å²) in [5.41, 5.74) is 6.95. The number of pyridine rings is 1. The van der Waals surface area contributed by atoms with Crippen LogP contribution in [0.4, 0.5) is 0 Å². The van der Waals surface area contributed by atoms with E-state index >= 15 is 0 Å². The number of nitrogens with zero attached hydrogens (tertiary/aromatic N) is 3. The van der Waals surface area contributed by atoms with E-state index in [9.17, 15) is 0 Å². The Hall–Kier alpha value is -4.67. The lowest BCUT2D eigenvalue weighted by atomic mass is 10.0. The van der Waals surface area contributed by atoms with E-state index < -0.39 is 0 Å². The Labute approximate surface area is 218 Å². The third-order valence-electron chi connectivity index (χ3n) is 6.56.